The fraction of sp³-hybridized carbons (Fsp3) is 0.375. The van der Waals surface area contributed by atoms with Crippen LogP contribution in [0.4, 0.5) is 8.78 Å². The van der Waals surface area contributed by atoms with Crippen molar-refractivity contribution >= 4 is 17.3 Å². The molecule has 0 aliphatic carbocycles. The zero-order valence-corrected chi connectivity index (χ0v) is 8.05. The van der Waals surface area contributed by atoms with Crippen LogP contribution in [0.2, 0.25) is 0 Å². The summed E-state index contributed by atoms with van der Waals surface area (Å²) in [4.78, 5) is 11.2. The lowest BCUT2D eigenvalue weighted by atomic mass is 10.3. The number of carbonyl (C=O) groups is 1. The van der Waals surface area contributed by atoms with Gasteiger partial charge in [-0.15, -0.1) is 11.3 Å². The lowest BCUT2D eigenvalue weighted by molar-refractivity contribution is -0.00370. The van der Waals surface area contributed by atoms with Gasteiger partial charge in [0.25, 0.3) is 6.43 Å². The number of alkyl halides is 2. The molecule has 0 amide bonds. The van der Waals surface area contributed by atoms with Crippen LogP contribution in [0.3, 0.4) is 0 Å². The topological polar surface area (TPSA) is 46.5 Å². The van der Waals surface area contributed by atoms with E-state index in [1.54, 1.807) is 0 Å². The highest BCUT2D eigenvalue weighted by Gasteiger charge is 2.22. The summed E-state index contributed by atoms with van der Waals surface area (Å²) in [5.41, 5.74) is 0. The molecule has 1 heterocycles. The number of esters is 1. The van der Waals surface area contributed by atoms with E-state index in [1.165, 1.54) is 19.2 Å². The fourth-order valence-corrected chi connectivity index (χ4v) is 1.76. The molecule has 0 aliphatic rings. The summed E-state index contributed by atoms with van der Waals surface area (Å²) in [7, 11) is 1.20. The minimum atomic E-state index is -2.85. The Morgan fingerprint density at radius 1 is 1.57 bits per heavy atom. The highest BCUT2D eigenvalue weighted by Crippen LogP contribution is 2.27. The van der Waals surface area contributed by atoms with Gasteiger partial charge in [-0.1, -0.05) is 0 Å². The summed E-state index contributed by atoms with van der Waals surface area (Å²) in [6.45, 7) is 0. The standard InChI is InChI=1S/C8H8F2O3S/c1-13-8(12)5-3-2-4(14-5)6(11)7(9)10/h2-3,6-7,11H,1H3. The Kier molecular flexibility index (Phi) is 3.54. The molecule has 1 N–H and O–H groups in total. The van der Waals surface area contributed by atoms with Crippen molar-refractivity contribution in [3.05, 3.63) is 21.9 Å². The van der Waals surface area contributed by atoms with Crippen LogP contribution in [-0.2, 0) is 4.74 Å². The first-order chi connectivity index (χ1) is 6.56. The molecule has 0 radical (unpaired) electrons. The van der Waals surface area contributed by atoms with Crippen LogP contribution in [-0.4, -0.2) is 24.6 Å². The molecule has 3 nitrogen and oxygen atoms in total. The second kappa shape index (κ2) is 4.47. The predicted molar refractivity (Wildman–Crippen MR) is 46.6 cm³/mol. The summed E-state index contributed by atoms with van der Waals surface area (Å²) in [5.74, 6) is -0.595. The number of hydrogen-bond acceptors (Lipinski definition) is 4. The molecule has 1 atom stereocenters. The Balaban J connectivity index is 2.82. The number of ether oxygens (including phenoxy) is 1. The van der Waals surface area contributed by atoms with Crippen molar-refractivity contribution in [1.29, 1.82) is 0 Å². The number of aliphatic hydroxyl groups excluding tert-OH is 1. The molecular formula is C8H8F2O3S. The lowest BCUT2D eigenvalue weighted by Gasteiger charge is -2.05. The third-order valence-electron chi connectivity index (χ3n) is 1.54. The summed E-state index contributed by atoms with van der Waals surface area (Å²) in [6.07, 6.45) is -4.68. The van der Waals surface area contributed by atoms with E-state index in [0.29, 0.717) is 0 Å². The Morgan fingerprint density at radius 2 is 2.21 bits per heavy atom. The maximum Gasteiger partial charge on any atom is 0.348 e. The Labute approximate surface area is 82.9 Å². The summed E-state index contributed by atoms with van der Waals surface area (Å²) in [6, 6.07) is 2.63. The highest BCUT2D eigenvalue weighted by atomic mass is 32.1. The van der Waals surface area contributed by atoms with Crippen LogP contribution in [0.15, 0.2) is 12.1 Å². The first-order valence-electron chi connectivity index (χ1n) is 3.70. The zero-order valence-electron chi connectivity index (χ0n) is 7.24. The maximum atomic E-state index is 12.0. The summed E-state index contributed by atoms with van der Waals surface area (Å²) < 4.78 is 28.5. The van der Waals surface area contributed by atoms with Crippen LogP contribution < -0.4 is 0 Å². The van der Waals surface area contributed by atoms with E-state index in [1.807, 2.05) is 0 Å². The largest absolute Gasteiger partial charge is 0.465 e. The van der Waals surface area contributed by atoms with E-state index in [2.05, 4.69) is 4.74 Å². The molecule has 1 aromatic rings. The van der Waals surface area contributed by atoms with Gasteiger partial charge in [0, 0.05) is 4.88 Å². The summed E-state index contributed by atoms with van der Waals surface area (Å²) in [5, 5.41) is 8.97. The Bertz CT molecular complexity index is 324. The van der Waals surface area contributed by atoms with Crippen molar-refractivity contribution in [2.75, 3.05) is 7.11 Å². The third kappa shape index (κ3) is 2.27. The van der Waals surface area contributed by atoms with Gasteiger partial charge in [-0.25, -0.2) is 13.6 Å². The third-order valence-corrected chi connectivity index (χ3v) is 2.68. The van der Waals surface area contributed by atoms with Gasteiger partial charge in [0.1, 0.15) is 11.0 Å². The molecular weight excluding hydrogens is 214 g/mol. The number of thiophene rings is 1. The molecule has 0 spiro atoms. The maximum absolute atomic E-state index is 12.0. The molecule has 0 saturated heterocycles. The zero-order chi connectivity index (χ0) is 10.7. The molecule has 0 bridgehead atoms. The molecule has 78 valence electrons. The van der Waals surface area contributed by atoms with Crippen LogP contribution in [0, 0.1) is 0 Å². The van der Waals surface area contributed by atoms with Crippen LogP contribution in [0.5, 0.6) is 0 Å². The Morgan fingerprint density at radius 3 is 2.71 bits per heavy atom. The van der Waals surface area contributed by atoms with Crippen LogP contribution in [0.25, 0.3) is 0 Å². The fourth-order valence-electron chi connectivity index (χ4n) is 0.846. The van der Waals surface area contributed by atoms with E-state index in [0.717, 1.165) is 11.3 Å². The van der Waals surface area contributed by atoms with Gasteiger partial charge in [0.2, 0.25) is 0 Å². The van der Waals surface area contributed by atoms with Gasteiger partial charge >= 0.3 is 5.97 Å². The molecule has 0 aromatic carbocycles. The van der Waals surface area contributed by atoms with Crippen molar-refractivity contribution in [3.8, 4) is 0 Å². The van der Waals surface area contributed by atoms with Gasteiger partial charge in [-0.2, -0.15) is 0 Å². The van der Waals surface area contributed by atoms with Gasteiger partial charge in [0.15, 0.2) is 0 Å². The van der Waals surface area contributed by atoms with Gasteiger partial charge < -0.3 is 9.84 Å². The molecule has 6 heteroatoms. The average Bonchev–Trinajstić information content (AvgIpc) is 2.64. The molecule has 0 aliphatic heterocycles. The molecule has 0 fully saturated rings. The average molecular weight is 222 g/mol. The van der Waals surface area contributed by atoms with Crippen LogP contribution >= 0.6 is 11.3 Å². The number of aliphatic hydroxyl groups is 1. The smallest absolute Gasteiger partial charge is 0.348 e. The molecule has 1 aromatic heterocycles. The first kappa shape index (κ1) is 11.1. The van der Waals surface area contributed by atoms with Crippen molar-refractivity contribution in [3.63, 3.8) is 0 Å². The molecule has 0 saturated carbocycles. The minimum Gasteiger partial charge on any atom is -0.465 e. The number of halogens is 2. The SMILES string of the molecule is COC(=O)c1ccc(C(O)C(F)F)s1. The lowest BCUT2D eigenvalue weighted by Crippen LogP contribution is -2.05. The van der Waals surface area contributed by atoms with E-state index >= 15 is 0 Å². The molecule has 1 rings (SSSR count). The second-order valence-electron chi connectivity index (χ2n) is 2.47. The molecule has 1 unspecified atom stereocenters. The van der Waals surface area contributed by atoms with E-state index in [-0.39, 0.29) is 9.75 Å². The minimum absolute atomic E-state index is 0.0559. The number of hydrogen-bond donors (Lipinski definition) is 1. The Hall–Kier alpha value is -1.01. The second-order valence-corrected chi connectivity index (χ2v) is 3.59. The molecule has 14 heavy (non-hydrogen) atoms. The van der Waals surface area contributed by atoms with E-state index < -0.39 is 18.5 Å². The van der Waals surface area contributed by atoms with Crippen molar-refractivity contribution in [2.45, 2.75) is 12.5 Å². The van der Waals surface area contributed by atoms with E-state index in [9.17, 15) is 13.6 Å². The number of rotatable bonds is 3. The van der Waals surface area contributed by atoms with Gasteiger partial charge in [-0.3, -0.25) is 0 Å². The van der Waals surface area contributed by atoms with Gasteiger partial charge in [0.05, 0.1) is 7.11 Å². The number of carbonyl (C=O) groups excluding carboxylic acids is 1. The quantitative estimate of drug-likeness (QED) is 0.793. The first-order valence-corrected chi connectivity index (χ1v) is 4.52. The predicted octanol–water partition coefficient (Wildman–Crippen LogP) is 1.83. The normalized spacial score (nSPS) is 12.9. The summed E-state index contributed by atoms with van der Waals surface area (Å²) >= 11 is 0.797. The van der Waals surface area contributed by atoms with Crippen molar-refractivity contribution in [2.24, 2.45) is 0 Å². The number of methoxy groups -OCH3 is 1. The van der Waals surface area contributed by atoms with Crippen molar-refractivity contribution < 1.29 is 23.4 Å². The highest BCUT2D eigenvalue weighted by molar-refractivity contribution is 7.14. The van der Waals surface area contributed by atoms with Crippen molar-refractivity contribution in [1.82, 2.24) is 0 Å². The van der Waals surface area contributed by atoms with E-state index in [4.69, 9.17) is 5.11 Å². The van der Waals surface area contributed by atoms with Crippen LogP contribution in [0.1, 0.15) is 20.7 Å². The monoisotopic (exact) mass is 222 g/mol. The van der Waals surface area contributed by atoms with Gasteiger partial charge in [-0.05, 0) is 12.1 Å².